The first-order valence-corrected chi connectivity index (χ1v) is 10.8. The molecule has 0 spiro atoms. The molecular formula is C19H21FN6O3S. The molecule has 0 bridgehead atoms. The van der Waals surface area contributed by atoms with E-state index in [9.17, 15) is 12.8 Å². The number of nitrogens with zero attached hydrogens (tertiary/aromatic N) is 2. The summed E-state index contributed by atoms with van der Waals surface area (Å²) in [7, 11) is -3.51. The van der Waals surface area contributed by atoms with E-state index in [4.69, 9.17) is 10.5 Å². The highest BCUT2D eigenvalue weighted by molar-refractivity contribution is 7.92. The van der Waals surface area contributed by atoms with Crippen LogP contribution in [-0.2, 0) is 10.0 Å². The van der Waals surface area contributed by atoms with Gasteiger partial charge in [0, 0.05) is 18.3 Å². The van der Waals surface area contributed by atoms with E-state index in [2.05, 4.69) is 25.3 Å². The Labute approximate surface area is 173 Å². The van der Waals surface area contributed by atoms with E-state index in [-0.39, 0.29) is 17.5 Å². The number of aromatic nitrogens is 2. The molecule has 3 aromatic rings. The summed E-state index contributed by atoms with van der Waals surface area (Å²) in [5.41, 5.74) is 6.67. The second kappa shape index (κ2) is 9.37. The fourth-order valence-electron chi connectivity index (χ4n) is 2.49. The number of rotatable bonds is 9. The van der Waals surface area contributed by atoms with Crippen LogP contribution in [0.25, 0.3) is 0 Å². The van der Waals surface area contributed by atoms with Crippen molar-refractivity contribution in [3.05, 3.63) is 60.5 Å². The third kappa shape index (κ3) is 6.03. The molecule has 0 amide bonds. The lowest BCUT2D eigenvalue weighted by Crippen LogP contribution is -2.11. The number of halogens is 1. The Bertz CT molecular complexity index is 1130. The van der Waals surface area contributed by atoms with Gasteiger partial charge >= 0.3 is 0 Å². The monoisotopic (exact) mass is 432 g/mol. The van der Waals surface area contributed by atoms with Crippen LogP contribution < -0.4 is 25.8 Å². The van der Waals surface area contributed by atoms with E-state index in [0.29, 0.717) is 30.3 Å². The van der Waals surface area contributed by atoms with Gasteiger partial charge in [-0.25, -0.2) is 17.8 Å². The summed E-state index contributed by atoms with van der Waals surface area (Å²) in [5, 5.41) is 5.77. The zero-order valence-corrected chi connectivity index (χ0v) is 16.9. The quantitative estimate of drug-likeness (QED) is 0.406. The summed E-state index contributed by atoms with van der Waals surface area (Å²) in [4.78, 5) is 8.09. The highest BCUT2D eigenvalue weighted by Crippen LogP contribution is 2.27. The van der Waals surface area contributed by atoms with E-state index in [1.807, 2.05) is 0 Å². The van der Waals surface area contributed by atoms with E-state index in [1.54, 1.807) is 48.5 Å². The molecule has 0 fully saturated rings. The number of hydrogen-bond acceptors (Lipinski definition) is 8. The van der Waals surface area contributed by atoms with E-state index >= 15 is 0 Å². The third-order valence-electron chi connectivity index (χ3n) is 3.70. The lowest BCUT2D eigenvalue weighted by Gasteiger charge is -2.13. The zero-order valence-electron chi connectivity index (χ0n) is 16.1. The van der Waals surface area contributed by atoms with Gasteiger partial charge in [-0.15, -0.1) is 0 Å². The van der Waals surface area contributed by atoms with Crippen molar-refractivity contribution in [2.24, 2.45) is 5.73 Å². The topological polar surface area (TPSA) is 131 Å². The molecule has 0 saturated carbocycles. The first kappa shape index (κ1) is 21.3. The minimum Gasteiger partial charge on any atom is -0.492 e. The molecule has 2 aromatic carbocycles. The fourth-order valence-corrected chi connectivity index (χ4v) is 3.07. The predicted molar refractivity (Wildman–Crippen MR) is 114 cm³/mol. The number of benzene rings is 2. The van der Waals surface area contributed by atoms with Crippen LogP contribution in [0.5, 0.6) is 5.75 Å². The van der Waals surface area contributed by atoms with Crippen molar-refractivity contribution in [2.75, 3.05) is 34.8 Å². The van der Waals surface area contributed by atoms with Gasteiger partial charge in [0.2, 0.25) is 16.0 Å². The molecule has 1 aromatic heterocycles. The van der Waals surface area contributed by atoms with Gasteiger partial charge in [0.15, 0.2) is 11.6 Å². The molecule has 5 N–H and O–H groups in total. The molecule has 0 aliphatic heterocycles. The zero-order chi connectivity index (χ0) is 21.6. The van der Waals surface area contributed by atoms with Crippen LogP contribution in [0.15, 0.2) is 54.7 Å². The largest absolute Gasteiger partial charge is 0.492 e. The van der Waals surface area contributed by atoms with E-state index in [1.165, 1.54) is 0 Å². The molecule has 0 saturated heterocycles. The van der Waals surface area contributed by atoms with Crippen LogP contribution in [0.3, 0.4) is 0 Å². The Morgan fingerprint density at radius 1 is 1.10 bits per heavy atom. The Hall–Kier alpha value is -3.44. The van der Waals surface area contributed by atoms with Crippen LogP contribution in [-0.4, -0.2) is 37.8 Å². The van der Waals surface area contributed by atoms with Crippen LogP contribution >= 0.6 is 0 Å². The molecule has 158 valence electrons. The number of para-hydroxylation sites is 2. The minimum atomic E-state index is -3.51. The number of nitrogens with two attached hydrogens (primary N) is 1. The van der Waals surface area contributed by atoms with Crippen molar-refractivity contribution in [1.82, 2.24) is 9.97 Å². The molecule has 11 heteroatoms. The smallest absolute Gasteiger partial charge is 0.229 e. The number of anilines is 5. The number of nitrogens with one attached hydrogen (secondary N) is 3. The van der Waals surface area contributed by atoms with Crippen molar-refractivity contribution in [3.63, 3.8) is 0 Å². The van der Waals surface area contributed by atoms with Gasteiger partial charge in [0.1, 0.15) is 12.4 Å². The molecule has 3 rings (SSSR count). The Balaban J connectivity index is 1.82. The second-order valence-corrected chi connectivity index (χ2v) is 7.97. The fraction of sp³-hybridized carbons (Fsp3) is 0.158. The number of hydrogen-bond donors (Lipinski definition) is 4. The average molecular weight is 432 g/mol. The van der Waals surface area contributed by atoms with Crippen molar-refractivity contribution in [3.8, 4) is 5.75 Å². The van der Waals surface area contributed by atoms with Gasteiger partial charge < -0.3 is 21.1 Å². The Morgan fingerprint density at radius 3 is 2.60 bits per heavy atom. The standard InChI is InChI=1S/C19H21FN6O3S/c1-30(27,28)26-17-8-3-2-7-16(17)24-18-15(20)12-22-19(25-18)23-13-5-4-6-14(11-13)29-10-9-21/h2-8,11-12,26H,9-10,21H2,1H3,(H2,22,23,24,25). The Kier molecular flexibility index (Phi) is 6.65. The van der Waals surface area contributed by atoms with Crippen molar-refractivity contribution < 1.29 is 17.5 Å². The van der Waals surface area contributed by atoms with Crippen LogP contribution in [0.1, 0.15) is 0 Å². The maximum Gasteiger partial charge on any atom is 0.229 e. The second-order valence-electron chi connectivity index (χ2n) is 6.22. The third-order valence-corrected chi connectivity index (χ3v) is 4.29. The van der Waals surface area contributed by atoms with Gasteiger partial charge in [0.25, 0.3) is 0 Å². The molecule has 9 nitrogen and oxygen atoms in total. The molecule has 1 heterocycles. The normalized spacial score (nSPS) is 11.0. The van der Waals surface area contributed by atoms with Crippen molar-refractivity contribution >= 4 is 38.9 Å². The van der Waals surface area contributed by atoms with Crippen LogP contribution in [0, 0.1) is 5.82 Å². The van der Waals surface area contributed by atoms with Crippen LogP contribution in [0.2, 0.25) is 0 Å². The van der Waals surface area contributed by atoms with Gasteiger partial charge in [0.05, 0.1) is 23.8 Å². The number of ether oxygens (including phenoxy) is 1. The van der Waals surface area contributed by atoms with E-state index < -0.39 is 15.8 Å². The number of sulfonamides is 1. The maximum absolute atomic E-state index is 14.3. The van der Waals surface area contributed by atoms with Gasteiger partial charge in [-0.2, -0.15) is 4.98 Å². The highest BCUT2D eigenvalue weighted by Gasteiger charge is 2.12. The van der Waals surface area contributed by atoms with Gasteiger partial charge in [-0.3, -0.25) is 4.72 Å². The van der Waals surface area contributed by atoms with Crippen molar-refractivity contribution in [1.29, 1.82) is 0 Å². The first-order valence-electron chi connectivity index (χ1n) is 8.90. The molecule has 0 aliphatic rings. The summed E-state index contributed by atoms with van der Waals surface area (Å²) in [6.07, 6.45) is 2.04. The molecule has 0 unspecified atom stereocenters. The molecule has 0 aliphatic carbocycles. The molecule has 30 heavy (non-hydrogen) atoms. The van der Waals surface area contributed by atoms with Gasteiger partial charge in [-0.05, 0) is 24.3 Å². The average Bonchev–Trinajstić information content (AvgIpc) is 2.69. The Morgan fingerprint density at radius 2 is 1.87 bits per heavy atom. The first-order chi connectivity index (χ1) is 14.3. The van der Waals surface area contributed by atoms with E-state index in [0.717, 1.165) is 12.5 Å². The highest BCUT2D eigenvalue weighted by atomic mass is 32.2. The summed E-state index contributed by atoms with van der Waals surface area (Å²) >= 11 is 0. The summed E-state index contributed by atoms with van der Waals surface area (Å²) in [5.74, 6) is -0.0596. The van der Waals surface area contributed by atoms with Crippen molar-refractivity contribution in [2.45, 2.75) is 0 Å². The summed E-state index contributed by atoms with van der Waals surface area (Å²) < 4.78 is 45.2. The van der Waals surface area contributed by atoms with Gasteiger partial charge in [-0.1, -0.05) is 18.2 Å². The van der Waals surface area contributed by atoms with Crippen LogP contribution in [0.4, 0.5) is 33.2 Å². The molecule has 0 atom stereocenters. The lowest BCUT2D eigenvalue weighted by atomic mass is 10.2. The molecular weight excluding hydrogens is 411 g/mol. The summed E-state index contributed by atoms with van der Waals surface area (Å²) in [6, 6.07) is 13.6. The maximum atomic E-state index is 14.3. The lowest BCUT2D eigenvalue weighted by molar-refractivity contribution is 0.328. The summed E-state index contributed by atoms with van der Waals surface area (Å²) in [6.45, 7) is 0.773. The minimum absolute atomic E-state index is 0.120. The SMILES string of the molecule is CS(=O)(=O)Nc1ccccc1Nc1nc(Nc2cccc(OCCN)c2)ncc1F. The predicted octanol–water partition coefficient (Wildman–Crippen LogP) is 2.81. The molecule has 0 radical (unpaired) electrons.